The molecule has 1 aromatic carbocycles. The Hall–Kier alpha value is -2.37. The van der Waals surface area contributed by atoms with Crippen LogP contribution in [0.15, 0.2) is 35.5 Å². The van der Waals surface area contributed by atoms with Gasteiger partial charge in [-0.2, -0.15) is 4.68 Å². The number of carbonyl (C=O) groups is 1. The second-order valence-electron chi connectivity index (χ2n) is 8.90. The molecular formula is C20H28N4O6S. The van der Waals surface area contributed by atoms with Gasteiger partial charge in [0, 0.05) is 6.42 Å². The number of hydrogen-bond acceptors (Lipinski definition) is 9. The van der Waals surface area contributed by atoms with Crippen LogP contribution in [0.3, 0.4) is 0 Å². The Balaban J connectivity index is 1.75. The van der Waals surface area contributed by atoms with Crippen molar-refractivity contribution in [2.75, 3.05) is 5.75 Å². The third kappa shape index (κ3) is 6.31. The van der Waals surface area contributed by atoms with Gasteiger partial charge >= 0.3 is 5.97 Å². The Kier molecular flexibility index (Phi) is 6.49. The second-order valence-corrected chi connectivity index (χ2v) is 10.8. The molecule has 1 aliphatic rings. The van der Waals surface area contributed by atoms with Crippen molar-refractivity contribution in [3.8, 4) is 5.69 Å². The van der Waals surface area contributed by atoms with Gasteiger partial charge in [-0.25, -0.2) is 8.42 Å². The minimum Gasteiger partial charge on any atom is -0.460 e. The number of nitrogens with zero attached hydrogens (tertiary/aromatic N) is 4. The molecule has 31 heavy (non-hydrogen) atoms. The van der Waals surface area contributed by atoms with Crippen molar-refractivity contribution >= 4 is 15.8 Å². The average Bonchev–Trinajstić information content (AvgIpc) is 3.09. The van der Waals surface area contributed by atoms with E-state index in [-0.39, 0.29) is 23.8 Å². The maximum absolute atomic E-state index is 13.1. The monoisotopic (exact) mass is 452 g/mol. The van der Waals surface area contributed by atoms with E-state index in [1.807, 2.05) is 6.07 Å². The molecule has 0 aliphatic carbocycles. The van der Waals surface area contributed by atoms with Gasteiger partial charge in [0.1, 0.15) is 5.60 Å². The summed E-state index contributed by atoms with van der Waals surface area (Å²) in [6, 6.07) is 8.75. The van der Waals surface area contributed by atoms with Crippen LogP contribution in [0.2, 0.25) is 0 Å². The van der Waals surface area contributed by atoms with E-state index < -0.39 is 39.4 Å². The smallest absolute Gasteiger partial charge is 0.308 e. The van der Waals surface area contributed by atoms with Gasteiger partial charge in [0.25, 0.3) is 5.16 Å². The van der Waals surface area contributed by atoms with Crippen LogP contribution in [-0.2, 0) is 28.8 Å². The first-order chi connectivity index (χ1) is 14.3. The number of para-hydroxylation sites is 1. The summed E-state index contributed by atoms with van der Waals surface area (Å²) < 4.78 is 44.4. The Labute approximate surface area is 181 Å². The van der Waals surface area contributed by atoms with Crippen molar-refractivity contribution in [1.82, 2.24) is 20.2 Å². The molecule has 2 atom stereocenters. The number of sulfone groups is 1. The van der Waals surface area contributed by atoms with Crippen molar-refractivity contribution < 1.29 is 27.4 Å². The lowest BCUT2D eigenvalue weighted by atomic mass is 10.1. The van der Waals surface area contributed by atoms with Gasteiger partial charge in [0.2, 0.25) is 9.84 Å². The van der Waals surface area contributed by atoms with Crippen LogP contribution < -0.4 is 0 Å². The number of esters is 1. The minimum atomic E-state index is -3.90. The standard InChI is InChI=1S/C20H28N4O6S/c1-19(2,3)30-17(25)12-15-11-16(29-20(4,5)28-15)13-31(26,27)18-21-22-23-24(18)14-9-7-6-8-10-14/h6-10,15-16H,11-13H2,1-5H3/t15-,16+/m0/s1. The lowest BCUT2D eigenvalue weighted by molar-refractivity contribution is -0.295. The molecule has 2 heterocycles. The number of tetrazole rings is 1. The third-order valence-electron chi connectivity index (χ3n) is 4.37. The molecule has 0 N–H and O–H groups in total. The van der Waals surface area contributed by atoms with E-state index in [9.17, 15) is 13.2 Å². The second kappa shape index (κ2) is 8.64. The molecule has 10 nitrogen and oxygen atoms in total. The first-order valence-corrected chi connectivity index (χ1v) is 11.6. The summed E-state index contributed by atoms with van der Waals surface area (Å²) in [5.74, 6) is -1.82. The first-order valence-electron chi connectivity index (χ1n) is 9.99. The predicted octanol–water partition coefficient (Wildman–Crippen LogP) is 2.08. The fraction of sp³-hybridized carbons (Fsp3) is 0.600. The summed E-state index contributed by atoms with van der Waals surface area (Å²) in [6.07, 6.45) is -1.03. The van der Waals surface area contributed by atoms with Crippen LogP contribution >= 0.6 is 0 Å². The van der Waals surface area contributed by atoms with Gasteiger partial charge in [0.15, 0.2) is 5.79 Å². The van der Waals surface area contributed by atoms with Gasteiger partial charge in [-0.15, -0.1) is 0 Å². The highest BCUT2D eigenvalue weighted by Gasteiger charge is 2.40. The van der Waals surface area contributed by atoms with E-state index >= 15 is 0 Å². The Morgan fingerprint density at radius 1 is 1.19 bits per heavy atom. The summed E-state index contributed by atoms with van der Waals surface area (Å²) in [4.78, 5) is 12.2. The largest absolute Gasteiger partial charge is 0.460 e. The highest BCUT2D eigenvalue weighted by atomic mass is 32.2. The SMILES string of the molecule is CC(C)(C)OC(=O)C[C@@H]1C[C@H](CS(=O)(=O)c2nnnn2-c2ccccc2)OC(C)(C)O1. The molecule has 1 saturated heterocycles. The molecule has 1 fully saturated rings. The zero-order valence-corrected chi connectivity index (χ0v) is 19.1. The van der Waals surface area contributed by atoms with Crippen LogP contribution in [0.4, 0.5) is 0 Å². The molecule has 0 unspecified atom stereocenters. The number of rotatable bonds is 6. The van der Waals surface area contributed by atoms with Gasteiger partial charge in [-0.1, -0.05) is 23.3 Å². The number of aromatic nitrogens is 4. The van der Waals surface area contributed by atoms with E-state index in [1.54, 1.807) is 58.9 Å². The van der Waals surface area contributed by atoms with E-state index in [1.165, 1.54) is 4.68 Å². The van der Waals surface area contributed by atoms with Crippen molar-refractivity contribution in [2.24, 2.45) is 0 Å². The van der Waals surface area contributed by atoms with E-state index in [2.05, 4.69) is 15.5 Å². The summed E-state index contributed by atoms with van der Waals surface area (Å²) in [7, 11) is -3.90. The minimum absolute atomic E-state index is 0.00234. The van der Waals surface area contributed by atoms with E-state index in [0.29, 0.717) is 5.69 Å². The molecule has 0 saturated carbocycles. The molecule has 1 aromatic heterocycles. The molecule has 170 valence electrons. The maximum Gasteiger partial charge on any atom is 0.308 e. The van der Waals surface area contributed by atoms with Crippen LogP contribution in [-0.4, -0.2) is 63.9 Å². The topological polar surface area (TPSA) is 123 Å². The number of benzene rings is 1. The van der Waals surface area contributed by atoms with Gasteiger partial charge in [-0.3, -0.25) is 4.79 Å². The van der Waals surface area contributed by atoms with Gasteiger partial charge < -0.3 is 14.2 Å². The molecule has 0 bridgehead atoms. The number of ether oxygens (including phenoxy) is 3. The number of hydrogen-bond donors (Lipinski definition) is 0. The molecule has 1 aliphatic heterocycles. The summed E-state index contributed by atoms with van der Waals surface area (Å²) in [6.45, 7) is 8.72. The normalized spacial score (nSPS) is 21.6. The van der Waals surface area contributed by atoms with E-state index in [0.717, 1.165) is 0 Å². The lowest BCUT2D eigenvalue weighted by Crippen LogP contribution is -2.47. The third-order valence-corrected chi connectivity index (χ3v) is 5.99. The van der Waals surface area contributed by atoms with Crippen molar-refractivity contribution in [3.63, 3.8) is 0 Å². The molecular weight excluding hydrogens is 424 g/mol. The highest BCUT2D eigenvalue weighted by Crippen LogP contribution is 2.30. The zero-order chi connectivity index (χ0) is 22.9. The van der Waals surface area contributed by atoms with Crippen molar-refractivity contribution in [1.29, 1.82) is 0 Å². The summed E-state index contributed by atoms with van der Waals surface area (Å²) in [5, 5.41) is 10.8. The van der Waals surface area contributed by atoms with Crippen molar-refractivity contribution in [2.45, 2.75) is 76.2 Å². The zero-order valence-electron chi connectivity index (χ0n) is 18.3. The Bertz CT molecular complexity index is 1010. The molecule has 2 aromatic rings. The van der Waals surface area contributed by atoms with E-state index in [4.69, 9.17) is 14.2 Å². The highest BCUT2D eigenvalue weighted by molar-refractivity contribution is 7.91. The maximum atomic E-state index is 13.1. The molecule has 3 rings (SSSR count). The Morgan fingerprint density at radius 3 is 2.48 bits per heavy atom. The quantitative estimate of drug-likeness (QED) is 0.606. The van der Waals surface area contributed by atoms with Crippen molar-refractivity contribution in [3.05, 3.63) is 30.3 Å². The molecule has 0 amide bonds. The average molecular weight is 453 g/mol. The fourth-order valence-electron chi connectivity index (χ4n) is 3.44. The van der Waals surface area contributed by atoms with Gasteiger partial charge in [0.05, 0.1) is 30.1 Å². The lowest BCUT2D eigenvalue weighted by Gasteiger charge is -2.40. The van der Waals surface area contributed by atoms with Gasteiger partial charge in [-0.05, 0) is 57.2 Å². The molecule has 11 heteroatoms. The van der Waals surface area contributed by atoms with Crippen LogP contribution in [0.25, 0.3) is 5.69 Å². The fourth-order valence-corrected chi connectivity index (χ4v) is 4.85. The van der Waals surface area contributed by atoms with Crippen LogP contribution in [0.5, 0.6) is 0 Å². The summed E-state index contributed by atoms with van der Waals surface area (Å²) in [5.41, 5.74) is -0.0863. The summed E-state index contributed by atoms with van der Waals surface area (Å²) >= 11 is 0. The number of carbonyl (C=O) groups excluding carboxylic acids is 1. The Morgan fingerprint density at radius 2 is 1.84 bits per heavy atom. The predicted molar refractivity (Wildman–Crippen MR) is 110 cm³/mol. The van der Waals surface area contributed by atoms with Crippen LogP contribution in [0, 0.1) is 0 Å². The van der Waals surface area contributed by atoms with Crippen LogP contribution in [0.1, 0.15) is 47.5 Å². The molecule has 0 spiro atoms. The molecule has 0 radical (unpaired) electrons. The first kappa shape index (κ1) is 23.3.